The van der Waals surface area contributed by atoms with Crippen molar-refractivity contribution in [3.8, 4) is 0 Å². The van der Waals surface area contributed by atoms with E-state index in [9.17, 15) is 0 Å². The summed E-state index contributed by atoms with van der Waals surface area (Å²) in [5.74, 6) is 4.06. The van der Waals surface area contributed by atoms with Gasteiger partial charge in [0, 0.05) is 30.9 Å². The van der Waals surface area contributed by atoms with E-state index in [-0.39, 0.29) is 0 Å². The van der Waals surface area contributed by atoms with Gasteiger partial charge in [0.15, 0.2) is 0 Å². The first-order valence-corrected chi connectivity index (χ1v) is 8.34. The molecule has 5 rings (SSSR count). The highest BCUT2D eigenvalue weighted by Gasteiger charge is 2.47. The highest BCUT2D eigenvalue weighted by atomic mass is 15.3. The molecular formula is C17H27N3. The minimum atomic E-state index is 0.779. The molecule has 3 nitrogen and oxygen atoms in total. The van der Waals surface area contributed by atoms with Crippen LogP contribution in [0.5, 0.6) is 0 Å². The number of rotatable bonds is 3. The minimum absolute atomic E-state index is 0.779. The van der Waals surface area contributed by atoms with Crippen LogP contribution in [0.4, 0.5) is 0 Å². The Kier molecular flexibility index (Phi) is 2.95. The van der Waals surface area contributed by atoms with Crippen molar-refractivity contribution >= 4 is 0 Å². The van der Waals surface area contributed by atoms with Crippen LogP contribution in [0.15, 0.2) is 0 Å². The van der Waals surface area contributed by atoms with Crippen molar-refractivity contribution in [2.45, 2.75) is 58.5 Å². The molecule has 0 amide bonds. The Bertz CT molecular complexity index is 489. The molecule has 0 spiro atoms. The van der Waals surface area contributed by atoms with Crippen LogP contribution >= 0.6 is 0 Å². The Morgan fingerprint density at radius 1 is 1.05 bits per heavy atom. The highest BCUT2D eigenvalue weighted by Crippen LogP contribution is 2.53. The Balaban J connectivity index is 1.47. The smallest absolute Gasteiger partial charge is 0.0641 e. The van der Waals surface area contributed by atoms with E-state index in [1.807, 2.05) is 4.68 Å². The van der Waals surface area contributed by atoms with E-state index >= 15 is 0 Å². The first-order chi connectivity index (χ1) is 9.61. The van der Waals surface area contributed by atoms with Crippen LogP contribution in [0.1, 0.15) is 49.1 Å². The van der Waals surface area contributed by atoms with Crippen LogP contribution < -0.4 is 5.32 Å². The second-order valence-electron chi connectivity index (χ2n) is 7.61. The average Bonchev–Trinajstić information content (AvgIpc) is 2.63. The molecule has 110 valence electrons. The zero-order valence-corrected chi connectivity index (χ0v) is 13.0. The van der Waals surface area contributed by atoms with Crippen molar-refractivity contribution in [2.24, 2.45) is 30.7 Å². The van der Waals surface area contributed by atoms with Crippen LogP contribution in [0.2, 0.25) is 0 Å². The fourth-order valence-corrected chi connectivity index (χ4v) is 5.55. The van der Waals surface area contributed by atoms with E-state index in [1.165, 1.54) is 42.6 Å². The molecule has 0 atom stereocenters. The quantitative estimate of drug-likeness (QED) is 0.917. The monoisotopic (exact) mass is 273 g/mol. The lowest BCUT2D eigenvalue weighted by atomic mass is 9.54. The van der Waals surface area contributed by atoms with Gasteiger partial charge >= 0.3 is 0 Å². The normalized spacial score (nSPS) is 38.6. The molecule has 20 heavy (non-hydrogen) atoms. The summed E-state index contributed by atoms with van der Waals surface area (Å²) in [7, 11) is 2.05. The first kappa shape index (κ1) is 12.9. The summed E-state index contributed by atoms with van der Waals surface area (Å²) in [6.07, 6.45) is 7.53. The van der Waals surface area contributed by atoms with E-state index in [1.54, 1.807) is 6.42 Å². The van der Waals surface area contributed by atoms with Crippen molar-refractivity contribution in [2.75, 3.05) is 0 Å². The fourth-order valence-electron chi connectivity index (χ4n) is 5.55. The highest BCUT2D eigenvalue weighted by molar-refractivity contribution is 5.24. The Morgan fingerprint density at radius 2 is 1.65 bits per heavy atom. The summed E-state index contributed by atoms with van der Waals surface area (Å²) in [6.45, 7) is 5.34. The van der Waals surface area contributed by atoms with Crippen LogP contribution in [0.3, 0.4) is 0 Å². The van der Waals surface area contributed by atoms with E-state index in [0.29, 0.717) is 0 Å². The molecule has 1 aromatic rings. The third-order valence-electron chi connectivity index (χ3n) is 6.40. The van der Waals surface area contributed by atoms with Crippen molar-refractivity contribution < 1.29 is 0 Å². The molecule has 0 radical (unpaired) electrons. The van der Waals surface area contributed by atoms with Crippen LogP contribution in [0.25, 0.3) is 0 Å². The molecule has 4 aliphatic carbocycles. The number of aromatic nitrogens is 2. The van der Waals surface area contributed by atoms with Gasteiger partial charge in [-0.25, -0.2) is 0 Å². The van der Waals surface area contributed by atoms with E-state index in [2.05, 4.69) is 31.3 Å². The second-order valence-corrected chi connectivity index (χ2v) is 7.61. The summed E-state index contributed by atoms with van der Waals surface area (Å²) in [6, 6.07) is 0.779. The third kappa shape index (κ3) is 1.93. The molecule has 0 unspecified atom stereocenters. The summed E-state index contributed by atoms with van der Waals surface area (Å²) in [5, 5.41) is 8.47. The molecule has 4 bridgehead atoms. The van der Waals surface area contributed by atoms with Gasteiger partial charge in [0.2, 0.25) is 0 Å². The maximum absolute atomic E-state index is 4.54. The zero-order chi connectivity index (χ0) is 13.9. The molecule has 4 fully saturated rings. The van der Waals surface area contributed by atoms with Gasteiger partial charge in [-0.15, -0.1) is 0 Å². The SMILES string of the molecule is Cc1nn(C)c(C)c1CNC1C2CC3CC(C2)CC1C3. The van der Waals surface area contributed by atoms with Crippen LogP contribution in [-0.2, 0) is 13.6 Å². The van der Waals surface area contributed by atoms with Gasteiger partial charge < -0.3 is 5.32 Å². The molecule has 1 aromatic heterocycles. The maximum atomic E-state index is 4.54. The van der Waals surface area contributed by atoms with E-state index in [0.717, 1.165) is 36.3 Å². The first-order valence-electron chi connectivity index (χ1n) is 8.34. The Morgan fingerprint density at radius 3 is 2.15 bits per heavy atom. The fraction of sp³-hybridized carbons (Fsp3) is 0.824. The second kappa shape index (κ2) is 4.59. The van der Waals surface area contributed by atoms with Gasteiger partial charge in [-0.05, 0) is 69.6 Å². The molecule has 4 saturated carbocycles. The molecule has 4 aliphatic rings. The van der Waals surface area contributed by atoms with Gasteiger partial charge in [-0.3, -0.25) is 4.68 Å². The topological polar surface area (TPSA) is 29.9 Å². The molecule has 3 heteroatoms. The number of nitrogens with zero attached hydrogens (tertiary/aromatic N) is 2. The minimum Gasteiger partial charge on any atom is -0.309 e. The van der Waals surface area contributed by atoms with E-state index < -0.39 is 0 Å². The lowest BCUT2D eigenvalue weighted by molar-refractivity contribution is -0.0143. The number of aryl methyl sites for hydroxylation is 2. The van der Waals surface area contributed by atoms with Crippen molar-refractivity contribution in [1.82, 2.24) is 15.1 Å². The lowest BCUT2D eigenvalue weighted by Crippen LogP contribution is -2.54. The predicted octanol–water partition coefficient (Wildman–Crippen LogP) is 2.95. The largest absolute Gasteiger partial charge is 0.309 e. The molecule has 0 saturated heterocycles. The summed E-state index contributed by atoms with van der Waals surface area (Å²) in [5.41, 5.74) is 3.93. The van der Waals surface area contributed by atoms with Crippen LogP contribution in [0, 0.1) is 37.5 Å². The van der Waals surface area contributed by atoms with Gasteiger partial charge in [0.25, 0.3) is 0 Å². The van der Waals surface area contributed by atoms with Crippen molar-refractivity contribution in [3.63, 3.8) is 0 Å². The summed E-state index contributed by atoms with van der Waals surface area (Å²) >= 11 is 0. The van der Waals surface area contributed by atoms with Gasteiger partial charge in [-0.1, -0.05) is 0 Å². The lowest BCUT2D eigenvalue weighted by Gasteiger charge is -2.54. The van der Waals surface area contributed by atoms with Crippen molar-refractivity contribution in [1.29, 1.82) is 0 Å². The molecule has 1 N–H and O–H groups in total. The summed E-state index contributed by atoms with van der Waals surface area (Å²) in [4.78, 5) is 0. The molecule has 1 heterocycles. The average molecular weight is 273 g/mol. The van der Waals surface area contributed by atoms with Crippen LogP contribution in [-0.4, -0.2) is 15.8 Å². The van der Waals surface area contributed by atoms with Gasteiger partial charge in [-0.2, -0.15) is 5.10 Å². The number of hydrogen-bond donors (Lipinski definition) is 1. The number of hydrogen-bond acceptors (Lipinski definition) is 2. The third-order valence-corrected chi connectivity index (χ3v) is 6.40. The van der Waals surface area contributed by atoms with Crippen molar-refractivity contribution in [3.05, 3.63) is 17.0 Å². The maximum Gasteiger partial charge on any atom is 0.0641 e. The van der Waals surface area contributed by atoms with E-state index in [4.69, 9.17) is 0 Å². The Labute approximate surface area is 122 Å². The predicted molar refractivity (Wildman–Crippen MR) is 80.4 cm³/mol. The Hall–Kier alpha value is -0.830. The molecular weight excluding hydrogens is 246 g/mol. The zero-order valence-electron chi connectivity index (χ0n) is 13.0. The molecule has 0 aromatic carbocycles. The van der Waals surface area contributed by atoms with Gasteiger partial charge in [0.05, 0.1) is 5.69 Å². The standard InChI is InChI=1S/C17H27N3/c1-10-16(11(2)20(3)19-10)9-18-17-14-5-12-4-13(7-14)8-15(17)6-12/h12-15,17-18H,4-9H2,1-3H3. The van der Waals surface area contributed by atoms with Gasteiger partial charge in [0.1, 0.15) is 0 Å². The summed E-state index contributed by atoms with van der Waals surface area (Å²) < 4.78 is 2.02. The molecule has 0 aliphatic heterocycles. The number of nitrogens with one attached hydrogen (secondary N) is 1.